The van der Waals surface area contributed by atoms with Crippen LogP contribution in [0.5, 0.6) is 0 Å². The molecule has 0 aromatic heterocycles. The number of hydrogen-bond donors (Lipinski definition) is 1. The predicted molar refractivity (Wildman–Crippen MR) is 58.8 cm³/mol. The van der Waals surface area contributed by atoms with Crippen LogP contribution in [0.4, 0.5) is 52.7 Å². The van der Waals surface area contributed by atoms with Crippen molar-refractivity contribution in [3.05, 3.63) is 0 Å². The van der Waals surface area contributed by atoms with Crippen LogP contribution in [0.2, 0.25) is 0 Å². The molecule has 0 aromatic carbocycles. The number of hydrogen-bond acceptors (Lipinski definition) is 3. The maximum absolute atomic E-state index is 12.8. The molecule has 0 saturated carbocycles. The van der Waals surface area contributed by atoms with Gasteiger partial charge in [0, 0.05) is 0 Å². The summed E-state index contributed by atoms with van der Waals surface area (Å²) in [6, 6.07) is 0. The van der Waals surface area contributed by atoms with Crippen LogP contribution < -0.4 is 5.32 Å². The van der Waals surface area contributed by atoms with Gasteiger partial charge in [-0.1, -0.05) is 0 Å². The second-order valence-corrected chi connectivity index (χ2v) is 6.03. The highest BCUT2D eigenvalue weighted by atomic mass is 32.2. The van der Waals surface area contributed by atoms with Gasteiger partial charge in [0.15, 0.2) is 16.3 Å². The molecule has 4 nitrogen and oxygen atoms in total. The van der Waals surface area contributed by atoms with E-state index in [0.29, 0.717) is 0 Å². The summed E-state index contributed by atoms with van der Waals surface area (Å²) in [5.41, 5.74) is 0. The topological polar surface area (TPSA) is 73.8 Å². The third kappa shape index (κ3) is 5.28. The first-order valence-electron chi connectivity index (χ1n) is 5.96. The Kier molecular flexibility index (Phi) is 8.34. The van der Waals surface area contributed by atoms with Crippen molar-refractivity contribution in [2.45, 2.75) is 41.8 Å². The summed E-state index contributed by atoms with van der Waals surface area (Å²) in [4.78, 5) is 0. The third-order valence-corrected chi connectivity index (χ3v) is 3.18. The van der Waals surface area contributed by atoms with Crippen molar-refractivity contribution >= 4 is 10.1 Å². The molecular formula is C9H11F12NO3S. The highest BCUT2D eigenvalue weighted by molar-refractivity contribution is 7.86. The van der Waals surface area contributed by atoms with Crippen LogP contribution in [-0.2, 0) is 10.1 Å². The average molecular weight is 441 g/mol. The highest BCUT2D eigenvalue weighted by Crippen LogP contribution is 2.56. The second-order valence-electron chi connectivity index (χ2n) is 4.61. The SMILES string of the molecule is C[NH2+]C.O=S(=O)([O-])C(F)(F)C(F)(F)C(F)(F)C(F)(F)C(F)CC(F)(F)F. The largest absolute Gasteiger partial charge is 0.743 e. The van der Waals surface area contributed by atoms with Gasteiger partial charge in [0.1, 0.15) is 0 Å². The summed E-state index contributed by atoms with van der Waals surface area (Å²) in [5, 5.41) is -5.36. The molecule has 0 aliphatic heterocycles. The first-order valence-corrected chi connectivity index (χ1v) is 7.36. The molecule has 17 heteroatoms. The van der Waals surface area contributed by atoms with E-state index >= 15 is 0 Å². The number of halogens is 12. The number of nitrogens with two attached hydrogens (primary N) is 1. The maximum Gasteiger partial charge on any atom is 0.402 e. The van der Waals surface area contributed by atoms with Gasteiger partial charge in [-0.3, -0.25) is 0 Å². The van der Waals surface area contributed by atoms with Crippen molar-refractivity contribution < 1.29 is 71.0 Å². The molecule has 1 unspecified atom stereocenters. The van der Waals surface area contributed by atoms with Gasteiger partial charge in [0.2, 0.25) is 0 Å². The summed E-state index contributed by atoms with van der Waals surface area (Å²) in [7, 11) is -3.66. The predicted octanol–water partition coefficient (Wildman–Crippen LogP) is 2.13. The summed E-state index contributed by atoms with van der Waals surface area (Å²) < 4.78 is 179. The van der Waals surface area contributed by atoms with E-state index in [4.69, 9.17) is 0 Å². The van der Waals surface area contributed by atoms with Crippen LogP contribution in [0.15, 0.2) is 0 Å². The van der Waals surface area contributed by atoms with Crippen molar-refractivity contribution in [3.8, 4) is 0 Å². The Labute approximate surface area is 138 Å². The van der Waals surface area contributed by atoms with Gasteiger partial charge in [0.25, 0.3) is 0 Å². The Hall–Kier alpha value is -0.970. The van der Waals surface area contributed by atoms with Crippen LogP contribution in [0.3, 0.4) is 0 Å². The maximum atomic E-state index is 12.8. The van der Waals surface area contributed by atoms with Crippen LogP contribution in [0, 0.1) is 0 Å². The van der Waals surface area contributed by atoms with Crippen LogP contribution >= 0.6 is 0 Å². The molecule has 0 saturated heterocycles. The molecule has 0 aliphatic rings. The fourth-order valence-electron chi connectivity index (χ4n) is 1.08. The Morgan fingerprint density at radius 3 is 1.38 bits per heavy atom. The van der Waals surface area contributed by atoms with E-state index in [2.05, 4.69) is 0 Å². The Balaban J connectivity index is 0. The third-order valence-electron chi connectivity index (χ3n) is 2.30. The van der Waals surface area contributed by atoms with Crippen molar-refractivity contribution in [1.29, 1.82) is 0 Å². The minimum absolute atomic E-state index is 2.00. The summed E-state index contributed by atoms with van der Waals surface area (Å²) in [6.45, 7) is 0. The lowest BCUT2D eigenvalue weighted by molar-refractivity contribution is -0.597. The fraction of sp³-hybridized carbons (Fsp3) is 1.00. The van der Waals surface area contributed by atoms with Gasteiger partial charge in [-0.15, -0.1) is 0 Å². The van der Waals surface area contributed by atoms with Gasteiger partial charge in [-0.25, -0.2) is 12.8 Å². The molecule has 0 heterocycles. The average Bonchev–Trinajstić information content (AvgIpc) is 2.35. The molecular weight excluding hydrogens is 430 g/mol. The summed E-state index contributed by atoms with van der Waals surface area (Å²) >= 11 is 0. The van der Waals surface area contributed by atoms with Crippen molar-refractivity contribution in [2.24, 2.45) is 0 Å². The smallest absolute Gasteiger partial charge is 0.402 e. The van der Waals surface area contributed by atoms with E-state index < -0.39 is 51.9 Å². The standard InChI is InChI=1S/C7H4F12O3S.C2H7N/c8-2(1-3(9,10)11)4(12,13)5(14,15)6(16,17)7(18,19)23(20,21)22;1-3-2/h2H,1H2,(H,20,21,22);3H,1-2H3. The first-order chi connectivity index (χ1) is 11.0. The molecule has 0 rings (SSSR count). The molecule has 0 bridgehead atoms. The number of alkyl halides is 12. The van der Waals surface area contributed by atoms with Crippen molar-refractivity contribution in [2.75, 3.05) is 14.1 Å². The summed E-state index contributed by atoms with van der Waals surface area (Å²) in [6.07, 6.45) is -14.5. The monoisotopic (exact) mass is 441 g/mol. The van der Waals surface area contributed by atoms with Gasteiger partial charge < -0.3 is 9.87 Å². The Morgan fingerprint density at radius 1 is 0.846 bits per heavy atom. The van der Waals surface area contributed by atoms with E-state index in [0.717, 1.165) is 0 Å². The van der Waals surface area contributed by atoms with Gasteiger partial charge in [0.05, 0.1) is 20.5 Å². The molecule has 0 amide bonds. The van der Waals surface area contributed by atoms with Gasteiger partial charge >= 0.3 is 29.2 Å². The van der Waals surface area contributed by atoms with E-state index in [1.54, 1.807) is 0 Å². The molecule has 0 spiro atoms. The molecule has 1 atom stereocenters. The van der Waals surface area contributed by atoms with Crippen molar-refractivity contribution in [1.82, 2.24) is 0 Å². The lowest BCUT2D eigenvalue weighted by atomic mass is 9.98. The van der Waals surface area contributed by atoms with E-state index in [1.807, 2.05) is 19.4 Å². The quantitative estimate of drug-likeness (QED) is 0.507. The number of quaternary nitrogens is 1. The lowest BCUT2D eigenvalue weighted by Gasteiger charge is -2.38. The fourth-order valence-corrected chi connectivity index (χ4v) is 1.52. The van der Waals surface area contributed by atoms with E-state index in [1.165, 1.54) is 0 Å². The zero-order chi connectivity index (χ0) is 22.0. The molecule has 26 heavy (non-hydrogen) atoms. The molecule has 0 aromatic rings. The highest BCUT2D eigenvalue weighted by Gasteiger charge is 2.84. The van der Waals surface area contributed by atoms with E-state index in [9.17, 15) is 65.7 Å². The zero-order valence-corrected chi connectivity index (χ0v) is 13.3. The zero-order valence-electron chi connectivity index (χ0n) is 12.5. The number of rotatable bonds is 6. The minimum atomic E-state index is -7.71. The molecule has 0 radical (unpaired) electrons. The molecule has 0 aliphatic carbocycles. The van der Waals surface area contributed by atoms with E-state index in [-0.39, 0.29) is 0 Å². The van der Waals surface area contributed by atoms with Crippen LogP contribution in [-0.4, -0.2) is 62.4 Å². The Morgan fingerprint density at radius 2 is 1.15 bits per heavy atom. The second kappa shape index (κ2) is 7.95. The van der Waals surface area contributed by atoms with Crippen LogP contribution in [0.1, 0.15) is 6.42 Å². The minimum Gasteiger partial charge on any atom is -0.743 e. The van der Waals surface area contributed by atoms with Crippen molar-refractivity contribution in [3.63, 3.8) is 0 Å². The first kappa shape index (κ1) is 27.3. The lowest BCUT2D eigenvalue weighted by Crippen LogP contribution is -2.74. The van der Waals surface area contributed by atoms with Gasteiger partial charge in [-0.05, 0) is 0 Å². The Bertz CT molecular complexity index is 559. The van der Waals surface area contributed by atoms with Gasteiger partial charge in [-0.2, -0.15) is 48.3 Å². The normalized spacial score (nSPS) is 16.0. The molecule has 160 valence electrons. The molecule has 2 N–H and O–H groups in total. The molecule has 0 fully saturated rings. The van der Waals surface area contributed by atoms with Crippen LogP contribution in [0.25, 0.3) is 0 Å². The summed E-state index contributed by atoms with van der Waals surface area (Å²) in [5.74, 6) is -22.4.